The molecule has 0 radical (unpaired) electrons. The van der Waals surface area contributed by atoms with Crippen LogP contribution in [-0.4, -0.2) is 29.1 Å². The standard InChI is InChI=1S/C16H14O5S/c1-21-12-4-2-10(3-5-12)6-13-7-11(9-22-13)14(17)8-15(18)16(19)20/h2-5,7-9,18H,6H2,1H3,(H,19,20)/b15-8-. The molecule has 2 aromatic rings. The van der Waals surface area contributed by atoms with Crippen LogP contribution in [0.3, 0.4) is 0 Å². The quantitative estimate of drug-likeness (QED) is 0.486. The van der Waals surface area contributed by atoms with Crippen molar-refractivity contribution in [3.63, 3.8) is 0 Å². The summed E-state index contributed by atoms with van der Waals surface area (Å²) in [5.41, 5.74) is 1.44. The lowest BCUT2D eigenvalue weighted by molar-refractivity contribution is -0.135. The molecule has 0 amide bonds. The van der Waals surface area contributed by atoms with E-state index in [-0.39, 0.29) is 0 Å². The number of hydrogen-bond donors (Lipinski definition) is 2. The average molecular weight is 318 g/mol. The number of carbonyl (C=O) groups excluding carboxylic acids is 1. The molecule has 0 aliphatic heterocycles. The second-order valence-corrected chi connectivity index (χ2v) is 5.52. The number of rotatable bonds is 6. The molecule has 2 N–H and O–H groups in total. The summed E-state index contributed by atoms with van der Waals surface area (Å²) in [6, 6.07) is 9.31. The maximum absolute atomic E-state index is 11.8. The number of aliphatic carboxylic acids is 1. The second-order valence-electron chi connectivity index (χ2n) is 4.53. The largest absolute Gasteiger partial charge is 0.502 e. The Morgan fingerprint density at radius 3 is 2.50 bits per heavy atom. The Labute approximate surface area is 131 Å². The lowest BCUT2D eigenvalue weighted by Gasteiger charge is -2.01. The SMILES string of the molecule is COc1ccc(Cc2cc(C(=O)/C=C(\O)C(=O)O)cs2)cc1. The Kier molecular flexibility index (Phi) is 4.95. The fourth-order valence-corrected chi connectivity index (χ4v) is 2.72. The van der Waals surface area contributed by atoms with Crippen molar-refractivity contribution < 1.29 is 24.5 Å². The van der Waals surface area contributed by atoms with E-state index in [1.807, 2.05) is 24.3 Å². The van der Waals surface area contributed by atoms with Crippen LogP contribution >= 0.6 is 11.3 Å². The lowest BCUT2D eigenvalue weighted by atomic mass is 10.1. The predicted molar refractivity (Wildman–Crippen MR) is 82.8 cm³/mol. The van der Waals surface area contributed by atoms with Gasteiger partial charge in [-0.25, -0.2) is 4.79 Å². The van der Waals surface area contributed by atoms with Gasteiger partial charge in [-0.1, -0.05) is 12.1 Å². The van der Waals surface area contributed by atoms with Crippen molar-refractivity contribution in [1.82, 2.24) is 0 Å². The Morgan fingerprint density at radius 2 is 1.91 bits per heavy atom. The average Bonchev–Trinajstić information content (AvgIpc) is 2.96. The third kappa shape index (κ3) is 3.95. The van der Waals surface area contributed by atoms with Gasteiger partial charge in [-0.05, 0) is 23.8 Å². The van der Waals surface area contributed by atoms with Crippen LogP contribution < -0.4 is 4.74 Å². The zero-order valence-corrected chi connectivity index (χ0v) is 12.6. The van der Waals surface area contributed by atoms with E-state index in [4.69, 9.17) is 14.9 Å². The highest BCUT2D eigenvalue weighted by Crippen LogP contribution is 2.21. The number of carboxylic acids is 1. The smallest absolute Gasteiger partial charge is 0.371 e. The van der Waals surface area contributed by atoms with Crippen molar-refractivity contribution in [3.8, 4) is 5.75 Å². The molecule has 1 heterocycles. The van der Waals surface area contributed by atoms with Gasteiger partial charge in [0.25, 0.3) is 0 Å². The Morgan fingerprint density at radius 1 is 1.23 bits per heavy atom. The van der Waals surface area contributed by atoms with Crippen molar-refractivity contribution in [1.29, 1.82) is 0 Å². The maximum atomic E-state index is 11.8. The zero-order chi connectivity index (χ0) is 16.1. The topological polar surface area (TPSA) is 83.8 Å². The summed E-state index contributed by atoms with van der Waals surface area (Å²) in [4.78, 5) is 23.3. The minimum absolute atomic E-state index is 0.362. The zero-order valence-electron chi connectivity index (χ0n) is 11.8. The van der Waals surface area contributed by atoms with E-state index in [1.54, 1.807) is 18.6 Å². The van der Waals surface area contributed by atoms with Crippen molar-refractivity contribution in [2.24, 2.45) is 0 Å². The van der Waals surface area contributed by atoms with Crippen LogP contribution in [0.1, 0.15) is 20.8 Å². The molecule has 114 valence electrons. The first kappa shape index (κ1) is 15.8. The molecule has 0 aliphatic rings. The number of carbonyl (C=O) groups is 2. The molecule has 5 nitrogen and oxygen atoms in total. The van der Waals surface area contributed by atoms with Crippen LogP contribution in [0.5, 0.6) is 5.75 Å². The number of benzene rings is 1. The molecule has 0 bridgehead atoms. The number of thiophene rings is 1. The van der Waals surface area contributed by atoms with E-state index in [0.717, 1.165) is 16.2 Å². The van der Waals surface area contributed by atoms with Gasteiger partial charge in [-0.3, -0.25) is 4.79 Å². The van der Waals surface area contributed by atoms with Crippen molar-refractivity contribution >= 4 is 23.1 Å². The van der Waals surface area contributed by atoms with Crippen LogP contribution in [0.15, 0.2) is 47.5 Å². The van der Waals surface area contributed by atoms with E-state index in [1.165, 1.54) is 11.3 Å². The molecule has 2 rings (SSSR count). The first-order valence-electron chi connectivity index (χ1n) is 6.38. The molecular formula is C16H14O5S. The number of carboxylic acid groups (broad SMARTS) is 1. The number of methoxy groups -OCH3 is 1. The fraction of sp³-hybridized carbons (Fsp3) is 0.125. The van der Waals surface area contributed by atoms with Gasteiger partial charge in [0.1, 0.15) is 5.75 Å². The summed E-state index contributed by atoms with van der Waals surface area (Å²) < 4.78 is 5.09. The highest BCUT2D eigenvalue weighted by atomic mass is 32.1. The number of ketones is 1. The first-order valence-corrected chi connectivity index (χ1v) is 7.26. The van der Waals surface area contributed by atoms with Crippen LogP contribution in [0.25, 0.3) is 0 Å². The third-order valence-corrected chi connectivity index (χ3v) is 3.90. The summed E-state index contributed by atoms with van der Waals surface area (Å²) in [5, 5.41) is 19.3. The summed E-state index contributed by atoms with van der Waals surface area (Å²) in [7, 11) is 1.60. The van der Waals surface area contributed by atoms with Gasteiger partial charge in [0.2, 0.25) is 5.76 Å². The van der Waals surface area contributed by atoms with Gasteiger partial charge in [0.05, 0.1) is 7.11 Å². The molecule has 0 saturated carbocycles. The maximum Gasteiger partial charge on any atom is 0.371 e. The van der Waals surface area contributed by atoms with E-state index in [2.05, 4.69) is 0 Å². The van der Waals surface area contributed by atoms with Gasteiger partial charge in [0.15, 0.2) is 5.78 Å². The van der Waals surface area contributed by atoms with Crippen LogP contribution in [0, 0.1) is 0 Å². The molecule has 0 spiro atoms. The predicted octanol–water partition coefficient (Wildman–Crippen LogP) is 3.06. The second kappa shape index (κ2) is 6.91. The molecule has 1 aromatic carbocycles. The number of allylic oxidation sites excluding steroid dienone is 1. The van der Waals surface area contributed by atoms with Crippen LogP contribution in [-0.2, 0) is 11.2 Å². The molecular weight excluding hydrogens is 304 g/mol. The van der Waals surface area contributed by atoms with Gasteiger partial charge >= 0.3 is 5.97 Å². The Bertz CT molecular complexity index is 712. The van der Waals surface area contributed by atoms with E-state index in [9.17, 15) is 9.59 Å². The minimum atomic E-state index is -1.53. The van der Waals surface area contributed by atoms with E-state index < -0.39 is 17.5 Å². The van der Waals surface area contributed by atoms with Gasteiger partial charge < -0.3 is 14.9 Å². The first-order chi connectivity index (χ1) is 10.5. The molecule has 1 aromatic heterocycles. The monoisotopic (exact) mass is 318 g/mol. The van der Waals surface area contributed by atoms with Crippen LogP contribution in [0.2, 0.25) is 0 Å². The fourth-order valence-electron chi connectivity index (χ4n) is 1.82. The lowest BCUT2D eigenvalue weighted by Crippen LogP contribution is -2.03. The van der Waals surface area contributed by atoms with Gasteiger partial charge in [0, 0.05) is 28.3 Å². The molecule has 22 heavy (non-hydrogen) atoms. The Hall–Kier alpha value is -2.60. The molecule has 0 atom stereocenters. The molecule has 0 unspecified atom stereocenters. The van der Waals surface area contributed by atoms with E-state index >= 15 is 0 Å². The normalized spacial score (nSPS) is 11.2. The van der Waals surface area contributed by atoms with Crippen molar-refractivity contribution in [2.75, 3.05) is 7.11 Å². The van der Waals surface area contributed by atoms with E-state index in [0.29, 0.717) is 18.1 Å². The molecule has 0 fully saturated rings. The summed E-state index contributed by atoms with van der Waals surface area (Å²) in [6.45, 7) is 0. The Balaban J connectivity index is 2.09. The molecule has 0 aliphatic carbocycles. The highest BCUT2D eigenvalue weighted by molar-refractivity contribution is 7.10. The number of ether oxygens (including phenoxy) is 1. The molecule has 6 heteroatoms. The number of hydrogen-bond acceptors (Lipinski definition) is 5. The van der Waals surface area contributed by atoms with Crippen molar-refractivity contribution in [2.45, 2.75) is 6.42 Å². The highest BCUT2D eigenvalue weighted by Gasteiger charge is 2.11. The van der Waals surface area contributed by atoms with Crippen LogP contribution in [0.4, 0.5) is 0 Å². The summed E-state index contributed by atoms with van der Waals surface area (Å²) in [5.74, 6) is -2.24. The number of aliphatic hydroxyl groups is 1. The summed E-state index contributed by atoms with van der Waals surface area (Å²) in [6.07, 6.45) is 1.37. The van der Waals surface area contributed by atoms with Gasteiger partial charge in [-0.2, -0.15) is 0 Å². The van der Waals surface area contributed by atoms with Crippen molar-refractivity contribution in [3.05, 3.63) is 63.6 Å². The third-order valence-electron chi connectivity index (χ3n) is 2.96. The van der Waals surface area contributed by atoms with Gasteiger partial charge in [-0.15, -0.1) is 11.3 Å². The minimum Gasteiger partial charge on any atom is -0.502 e. The number of aliphatic hydroxyl groups excluding tert-OH is 1. The molecule has 0 saturated heterocycles. The summed E-state index contributed by atoms with van der Waals surface area (Å²) >= 11 is 1.41.